The molecule has 0 saturated carbocycles. The number of aliphatic imine (C=N–C) groups is 1. The summed E-state index contributed by atoms with van der Waals surface area (Å²) in [6, 6.07) is 10.9. The largest absolute Gasteiger partial charge is 0.416 e. The van der Waals surface area contributed by atoms with E-state index in [1.807, 2.05) is 25.1 Å². The zero-order valence-electron chi connectivity index (χ0n) is 16.8. The summed E-state index contributed by atoms with van der Waals surface area (Å²) >= 11 is 0. The van der Waals surface area contributed by atoms with Gasteiger partial charge in [0.05, 0.1) is 5.56 Å². The Morgan fingerprint density at radius 1 is 1.13 bits per heavy atom. The first-order valence-corrected chi connectivity index (χ1v) is 9.82. The van der Waals surface area contributed by atoms with Gasteiger partial charge in [0.2, 0.25) is 0 Å². The number of halogens is 3. The lowest BCUT2D eigenvalue weighted by molar-refractivity contribution is -0.137. The zero-order chi connectivity index (χ0) is 21.4. The second-order valence-electron chi connectivity index (χ2n) is 6.71. The molecule has 0 spiro atoms. The van der Waals surface area contributed by atoms with E-state index in [0.29, 0.717) is 5.56 Å². The molecule has 0 amide bonds. The predicted octanol–water partition coefficient (Wildman–Crippen LogP) is 3.24. The van der Waals surface area contributed by atoms with Gasteiger partial charge in [0, 0.05) is 44.5 Å². The van der Waals surface area contributed by atoms with Crippen molar-refractivity contribution in [2.24, 2.45) is 4.99 Å². The van der Waals surface area contributed by atoms with Crippen molar-refractivity contribution in [1.29, 1.82) is 0 Å². The first-order chi connectivity index (χ1) is 14.5. The van der Waals surface area contributed by atoms with Crippen LogP contribution in [0.1, 0.15) is 18.1 Å². The highest BCUT2D eigenvalue weighted by molar-refractivity contribution is 5.80. The Labute approximate surface area is 174 Å². The van der Waals surface area contributed by atoms with Gasteiger partial charge >= 0.3 is 6.18 Å². The first kappa shape index (κ1) is 21.5. The minimum atomic E-state index is -4.37. The quantitative estimate of drug-likeness (QED) is 0.475. The summed E-state index contributed by atoms with van der Waals surface area (Å²) in [6.07, 6.45) is -2.58. The Morgan fingerprint density at radius 3 is 2.60 bits per heavy atom. The Bertz CT molecular complexity index is 908. The van der Waals surface area contributed by atoms with Crippen molar-refractivity contribution >= 4 is 11.8 Å². The highest BCUT2D eigenvalue weighted by Crippen LogP contribution is 2.29. The Morgan fingerprint density at radius 2 is 1.93 bits per heavy atom. The van der Waals surface area contributed by atoms with E-state index in [4.69, 9.17) is 0 Å². The topological polar surface area (TPSA) is 43.8 Å². The van der Waals surface area contributed by atoms with E-state index in [1.165, 1.54) is 6.07 Å². The van der Waals surface area contributed by atoms with Crippen LogP contribution >= 0.6 is 0 Å². The van der Waals surface area contributed by atoms with E-state index in [2.05, 4.69) is 36.9 Å². The zero-order valence-corrected chi connectivity index (χ0v) is 16.8. The van der Waals surface area contributed by atoms with E-state index in [1.54, 1.807) is 12.3 Å². The van der Waals surface area contributed by atoms with Gasteiger partial charge < -0.3 is 15.1 Å². The number of anilines is 1. The Kier molecular flexibility index (Phi) is 7.17. The summed E-state index contributed by atoms with van der Waals surface area (Å²) < 4.78 is 38.4. The van der Waals surface area contributed by atoms with Crippen LogP contribution in [0.4, 0.5) is 19.0 Å². The molecule has 0 bridgehead atoms. The molecular formula is C22H24F3N5. The molecule has 2 aromatic rings. The van der Waals surface area contributed by atoms with Crippen molar-refractivity contribution in [3.8, 4) is 11.8 Å². The fraction of sp³-hybridized carbons (Fsp3) is 0.364. The van der Waals surface area contributed by atoms with Crippen LogP contribution in [0.5, 0.6) is 0 Å². The van der Waals surface area contributed by atoms with Crippen molar-refractivity contribution in [2.75, 3.05) is 44.2 Å². The number of nitrogens with one attached hydrogen (secondary N) is 1. The minimum Gasteiger partial charge on any atom is -0.356 e. The van der Waals surface area contributed by atoms with Crippen LogP contribution in [0.2, 0.25) is 0 Å². The number of nitrogens with zero attached hydrogens (tertiary/aromatic N) is 4. The van der Waals surface area contributed by atoms with Gasteiger partial charge in [0.15, 0.2) is 5.96 Å². The molecule has 30 heavy (non-hydrogen) atoms. The lowest BCUT2D eigenvalue weighted by atomic mass is 10.1. The molecule has 0 aliphatic carbocycles. The van der Waals surface area contributed by atoms with E-state index in [-0.39, 0.29) is 6.54 Å². The van der Waals surface area contributed by atoms with Gasteiger partial charge in [0.25, 0.3) is 0 Å². The molecule has 0 radical (unpaired) electrons. The maximum atomic E-state index is 12.8. The fourth-order valence-electron chi connectivity index (χ4n) is 3.14. The molecule has 0 atom stereocenters. The normalized spacial score (nSPS) is 14.9. The molecule has 1 aliphatic heterocycles. The summed E-state index contributed by atoms with van der Waals surface area (Å²) in [6.45, 7) is 6.18. The maximum absolute atomic E-state index is 12.8. The molecular weight excluding hydrogens is 391 g/mol. The number of piperazine rings is 1. The third kappa shape index (κ3) is 5.89. The molecule has 1 aromatic heterocycles. The Hall–Kier alpha value is -3.21. The summed E-state index contributed by atoms with van der Waals surface area (Å²) in [5, 5.41) is 3.26. The van der Waals surface area contributed by atoms with Gasteiger partial charge in [-0.3, -0.25) is 0 Å². The van der Waals surface area contributed by atoms with E-state index in [0.717, 1.165) is 56.6 Å². The SMILES string of the molecule is CCNC(=NCC#Cc1cccc(C(F)(F)F)c1)N1CCN(c2ccccn2)CC1. The number of pyridine rings is 1. The summed E-state index contributed by atoms with van der Waals surface area (Å²) in [4.78, 5) is 13.3. The number of alkyl halides is 3. The van der Waals surface area contributed by atoms with Crippen LogP contribution in [0.3, 0.4) is 0 Å². The predicted molar refractivity (Wildman–Crippen MR) is 112 cm³/mol. The molecule has 1 fully saturated rings. The number of hydrogen-bond acceptors (Lipinski definition) is 3. The number of rotatable bonds is 3. The molecule has 1 N–H and O–H groups in total. The molecule has 1 aliphatic rings. The molecule has 158 valence electrons. The monoisotopic (exact) mass is 415 g/mol. The number of guanidine groups is 1. The summed E-state index contributed by atoms with van der Waals surface area (Å²) in [7, 11) is 0. The number of hydrogen-bond donors (Lipinski definition) is 1. The van der Waals surface area contributed by atoms with E-state index >= 15 is 0 Å². The average Bonchev–Trinajstić information content (AvgIpc) is 2.76. The van der Waals surface area contributed by atoms with Crippen LogP contribution in [0, 0.1) is 11.8 Å². The molecule has 5 nitrogen and oxygen atoms in total. The van der Waals surface area contributed by atoms with Crippen LogP contribution in [-0.2, 0) is 6.18 Å². The van der Waals surface area contributed by atoms with Gasteiger partial charge in [0.1, 0.15) is 12.4 Å². The van der Waals surface area contributed by atoms with Gasteiger partial charge in [-0.1, -0.05) is 24.0 Å². The standard InChI is InChI=1S/C22H24F3N5/c1-2-26-21(30-15-13-29(14-16-30)20-10-3-4-11-27-20)28-12-6-8-18-7-5-9-19(17-18)22(23,24)25/h3-5,7,9-11,17H,2,12-16H2,1H3,(H,26,28). The third-order valence-corrected chi connectivity index (χ3v) is 4.62. The maximum Gasteiger partial charge on any atom is 0.416 e. The molecule has 0 unspecified atom stereocenters. The molecule has 1 aromatic carbocycles. The van der Waals surface area contributed by atoms with E-state index < -0.39 is 11.7 Å². The lowest BCUT2D eigenvalue weighted by Gasteiger charge is -2.37. The lowest BCUT2D eigenvalue weighted by Crippen LogP contribution is -2.52. The molecule has 1 saturated heterocycles. The van der Waals surface area contributed by atoms with Crippen LogP contribution in [0.15, 0.2) is 53.7 Å². The van der Waals surface area contributed by atoms with Crippen molar-refractivity contribution in [1.82, 2.24) is 15.2 Å². The van der Waals surface area contributed by atoms with Crippen LogP contribution in [0.25, 0.3) is 0 Å². The van der Waals surface area contributed by atoms with Gasteiger partial charge in [-0.15, -0.1) is 0 Å². The van der Waals surface area contributed by atoms with Crippen LogP contribution in [-0.4, -0.2) is 55.1 Å². The molecule has 8 heteroatoms. The molecule has 3 rings (SSSR count). The minimum absolute atomic E-state index is 0.207. The first-order valence-electron chi connectivity index (χ1n) is 9.82. The highest BCUT2D eigenvalue weighted by Gasteiger charge is 2.30. The second-order valence-corrected chi connectivity index (χ2v) is 6.71. The number of aromatic nitrogens is 1. The van der Waals surface area contributed by atoms with Crippen molar-refractivity contribution in [2.45, 2.75) is 13.1 Å². The van der Waals surface area contributed by atoms with Crippen LogP contribution < -0.4 is 10.2 Å². The second kappa shape index (κ2) is 10.0. The smallest absolute Gasteiger partial charge is 0.356 e. The summed E-state index contributed by atoms with van der Waals surface area (Å²) in [5.41, 5.74) is -0.370. The summed E-state index contributed by atoms with van der Waals surface area (Å²) in [5.74, 6) is 7.34. The van der Waals surface area contributed by atoms with Gasteiger partial charge in [-0.25, -0.2) is 9.98 Å². The Balaban J connectivity index is 1.60. The van der Waals surface area contributed by atoms with Gasteiger partial charge in [-0.05, 0) is 37.3 Å². The van der Waals surface area contributed by atoms with E-state index in [9.17, 15) is 13.2 Å². The third-order valence-electron chi connectivity index (χ3n) is 4.62. The van der Waals surface area contributed by atoms with Crippen molar-refractivity contribution in [3.05, 3.63) is 59.8 Å². The highest BCUT2D eigenvalue weighted by atomic mass is 19.4. The van der Waals surface area contributed by atoms with Crippen molar-refractivity contribution in [3.63, 3.8) is 0 Å². The van der Waals surface area contributed by atoms with Crippen molar-refractivity contribution < 1.29 is 13.2 Å². The fourth-order valence-corrected chi connectivity index (χ4v) is 3.14. The average molecular weight is 415 g/mol. The van der Waals surface area contributed by atoms with Gasteiger partial charge in [-0.2, -0.15) is 13.2 Å². The number of benzene rings is 1. The molecule has 2 heterocycles.